The van der Waals surface area contributed by atoms with Crippen LogP contribution in [-0.4, -0.2) is 70.3 Å². The Bertz CT molecular complexity index is 659. The van der Waals surface area contributed by atoms with Crippen LogP contribution in [0.2, 0.25) is 0 Å². The lowest BCUT2D eigenvalue weighted by Crippen LogP contribution is -2.48. The minimum Gasteiger partial charge on any atom is -0.374 e. The minimum absolute atomic E-state index is 0.191. The molecule has 136 valence electrons. The summed E-state index contributed by atoms with van der Waals surface area (Å²) in [6.07, 6.45) is 1.89. The first kappa shape index (κ1) is 17.8. The Balaban J connectivity index is 1.53. The van der Waals surface area contributed by atoms with E-state index < -0.39 is 0 Å². The van der Waals surface area contributed by atoms with Gasteiger partial charge in [0.25, 0.3) is 0 Å². The van der Waals surface area contributed by atoms with Crippen molar-refractivity contribution < 1.29 is 4.74 Å². The Morgan fingerprint density at radius 3 is 2.88 bits per heavy atom. The van der Waals surface area contributed by atoms with Crippen LogP contribution in [0.1, 0.15) is 18.3 Å². The van der Waals surface area contributed by atoms with Gasteiger partial charge in [0, 0.05) is 44.6 Å². The summed E-state index contributed by atoms with van der Waals surface area (Å²) < 4.78 is 8.08. The van der Waals surface area contributed by atoms with E-state index in [-0.39, 0.29) is 6.10 Å². The number of ether oxygens (including phenoxy) is 1. The lowest BCUT2D eigenvalue weighted by atomic mass is 10.2. The molecule has 0 spiro atoms. The summed E-state index contributed by atoms with van der Waals surface area (Å²) in [4.78, 5) is 4.69. The summed E-state index contributed by atoms with van der Waals surface area (Å²) in [6, 6.07) is 6.05. The zero-order valence-electron chi connectivity index (χ0n) is 15.4. The van der Waals surface area contributed by atoms with Crippen LogP contribution < -0.4 is 4.90 Å². The number of nitrogens with zero attached hydrogens (tertiary/aromatic N) is 6. The second-order valence-electron chi connectivity index (χ2n) is 6.56. The topological polar surface area (TPSA) is 59.3 Å². The molecule has 2 aromatic rings. The van der Waals surface area contributed by atoms with Crippen molar-refractivity contribution in [2.75, 3.05) is 44.2 Å². The highest BCUT2D eigenvalue weighted by Crippen LogP contribution is 2.13. The van der Waals surface area contributed by atoms with Crippen molar-refractivity contribution in [1.82, 2.24) is 24.9 Å². The maximum atomic E-state index is 5.99. The number of aromatic nitrogens is 4. The number of anilines is 1. The van der Waals surface area contributed by atoms with Crippen LogP contribution in [0.4, 0.5) is 5.82 Å². The Hall–Kier alpha value is -1.99. The molecule has 25 heavy (non-hydrogen) atoms. The van der Waals surface area contributed by atoms with Crippen molar-refractivity contribution in [3.05, 3.63) is 35.8 Å². The molecule has 3 heterocycles. The third-order valence-electron chi connectivity index (χ3n) is 4.64. The number of morpholine rings is 1. The molecule has 0 aliphatic carbocycles. The van der Waals surface area contributed by atoms with E-state index in [1.54, 1.807) is 6.20 Å². The molecule has 7 nitrogen and oxygen atoms in total. The van der Waals surface area contributed by atoms with Gasteiger partial charge in [-0.25, -0.2) is 0 Å². The third kappa shape index (κ3) is 4.76. The van der Waals surface area contributed by atoms with Crippen LogP contribution in [0.15, 0.2) is 24.4 Å². The number of hydrogen-bond donors (Lipinski definition) is 0. The van der Waals surface area contributed by atoms with Crippen LogP contribution in [0.3, 0.4) is 0 Å². The van der Waals surface area contributed by atoms with Crippen molar-refractivity contribution in [2.24, 2.45) is 0 Å². The summed E-state index contributed by atoms with van der Waals surface area (Å²) in [7, 11) is 0. The zero-order chi connectivity index (χ0) is 17.6. The Morgan fingerprint density at radius 2 is 2.20 bits per heavy atom. The fraction of sp³-hybridized carbons (Fsp3) is 0.611. The SMILES string of the molecule is CCN(C[C@H]1CN(CCn2nc(C)cc2C)CCO1)c1cccnn1. The first-order valence-electron chi connectivity index (χ1n) is 9.03. The maximum absolute atomic E-state index is 5.99. The van der Waals surface area contributed by atoms with Gasteiger partial charge in [-0.05, 0) is 39.0 Å². The monoisotopic (exact) mass is 344 g/mol. The molecule has 0 bridgehead atoms. The minimum atomic E-state index is 0.191. The average molecular weight is 344 g/mol. The standard InChI is InChI=1S/C18H28N6O/c1-4-23(18-6-5-7-19-20-18)14-17-13-22(10-11-25-17)8-9-24-16(3)12-15(2)21-24/h5-7,12,17H,4,8-11,13-14H2,1-3H3/t17-/m1/s1. The van der Waals surface area contributed by atoms with Crippen molar-refractivity contribution in [3.63, 3.8) is 0 Å². The van der Waals surface area contributed by atoms with Gasteiger partial charge in [-0.2, -0.15) is 10.2 Å². The van der Waals surface area contributed by atoms with E-state index in [1.165, 1.54) is 5.69 Å². The summed E-state index contributed by atoms with van der Waals surface area (Å²) >= 11 is 0. The normalized spacial score (nSPS) is 18.4. The van der Waals surface area contributed by atoms with Crippen molar-refractivity contribution in [2.45, 2.75) is 33.4 Å². The molecule has 1 aliphatic rings. The van der Waals surface area contributed by atoms with Crippen LogP contribution >= 0.6 is 0 Å². The highest BCUT2D eigenvalue weighted by Gasteiger charge is 2.23. The second kappa shape index (κ2) is 8.40. The smallest absolute Gasteiger partial charge is 0.151 e. The van der Waals surface area contributed by atoms with Crippen LogP contribution in [0, 0.1) is 13.8 Å². The van der Waals surface area contributed by atoms with Crippen LogP contribution in [-0.2, 0) is 11.3 Å². The molecule has 1 atom stereocenters. The van der Waals surface area contributed by atoms with Gasteiger partial charge < -0.3 is 9.64 Å². The fourth-order valence-electron chi connectivity index (χ4n) is 3.32. The number of likely N-dealkylation sites (N-methyl/N-ethyl adjacent to an activating group) is 1. The van der Waals surface area contributed by atoms with E-state index >= 15 is 0 Å². The van der Waals surface area contributed by atoms with E-state index in [4.69, 9.17) is 4.74 Å². The van der Waals surface area contributed by atoms with E-state index in [0.717, 1.165) is 57.4 Å². The highest BCUT2D eigenvalue weighted by molar-refractivity contribution is 5.36. The average Bonchev–Trinajstić information content (AvgIpc) is 2.96. The Morgan fingerprint density at radius 1 is 1.32 bits per heavy atom. The molecule has 0 amide bonds. The molecule has 2 aromatic heterocycles. The van der Waals surface area contributed by atoms with Gasteiger partial charge in [-0.3, -0.25) is 9.58 Å². The second-order valence-corrected chi connectivity index (χ2v) is 6.56. The lowest BCUT2D eigenvalue weighted by molar-refractivity contribution is -0.0251. The molecular formula is C18H28N6O. The predicted molar refractivity (Wildman–Crippen MR) is 97.8 cm³/mol. The number of hydrogen-bond acceptors (Lipinski definition) is 6. The molecule has 7 heteroatoms. The molecule has 3 rings (SSSR count). The molecular weight excluding hydrogens is 316 g/mol. The first-order chi connectivity index (χ1) is 12.2. The lowest BCUT2D eigenvalue weighted by Gasteiger charge is -2.35. The molecule has 1 aliphatic heterocycles. The van der Waals surface area contributed by atoms with E-state index in [9.17, 15) is 0 Å². The maximum Gasteiger partial charge on any atom is 0.151 e. The Labute approximate surface area is 149 Å². The molecule has 0 radical (unpaired) electrons. The summed E-state index contributed by atoms with van der Waals surface area (Å²) in [6.45, 7) is 12.6. The van der Waals surface area contributed by atoms with E-state index in [1.807, 2.05) is 19.1 Å². The zero-order valence-corrected chi connectivity index (χ0v) is 15.4. The van der Waals surface area contributed by atoms with Gasteiger partial charge in [0.05, 0.1) is 24.9 Å². The fourth-order valence-corrected chi connectivity index (χ4v) is 3.32. The van der Waals surface area contributed by atoms with Crippen LogP contribution in [0.5, 0.6) is 0 Å². The van der Waals surface area contributed by atoms with Crippen molar-refractivity contribution in [1.29, 1.82) is 0 Å². The van der Waals surface area contributed by atoms with Gasteiger partial charge in [-0.1, -0.05) is 0 Å². The van der Waals surface area contributed by atoms with E-state index in [0.29, 0.717) is 0 Å². The van der Waals surface area contributed by atoms with Crippen molar-refractivity contribution >= 4 is 5.82 Å². The van der Waals surface area contributed by atoms with Crippen LogP contribution in [0.25, 0.3) is 0 Å². The summed E-state index contributed by atoms with van der Waals surface area (Å²) in [5.74, 6) is 0.911. The molecule has 0 aromatic carbocycles. The van der Waals surface area contributed by atoms with Gasteiger partial charge in [0.2, 0.25) is 0 Å². The quantitative estimate of drug-likeness (QED) is 0.759. The van der Waals surface area contributed by atoms with Crippen molar-refractivity contribution in [3.8, 4) is 0 Å². The van der Waals surface area contributed by atoms with Gasteiger partial charge in [-0.15, -0.1) is 5.10 Å². The van der Waals surface area contributed by atoms with E-state index in [2.05, 4.69) is 49.7 Å². The van der Waals surface area contributed by atoms with Gasteiger partial charge >= 0.3 is 0 Å². The third-order valence-corrected chi connectivity index (χ3v) is 4.64. The molecule has 0 saturated carbocycles. The summed E-state index contributed by atoms with van der Waals surface area (Å²) in [5.41, 5.74) is 2.31. The summed E-state index contributed by atoms with van der Waals surface area (Å²) in [5, 5.41) is 12.8. The molecule has 1 saturated heterocycles. The van der Waals surface area contributed by atoms with Gasteiger partial charge in [0.1, 0.15) is 0 Å². The molecule has 1 fully saturated rings. The number of rotatable bonds is 7. The largest absolute Gasteiger partial charge is 0.374 e. The first-order valence-corrected chi connectivity index (χ1v) is 9.03. The molecule has 0 N–H and O–H groups in total. The predicted octanol–water partition coefficient (Wildman–Crippen LogP) is 1.52. The van der Waals surface area contributed by atoms with Gasteiger partial charge in [0.15, 0.2) is 5.82 Å². The highest BCUT2D eigenvalue weighted by atomic mass is 16.5. The molecule has 0 unspecified atom stereocenters. The Kier molecular flexibility index (Phi) is 5.99. The number of aryl methyl sites for hydroxylation is 2.